The first-order chi connectivity index (χ1) is 9.41. The van der Waals surface area contributed by atoms with Gasteiger partial charge >= 0.3 is 5.97 Å². The van der Waals surface area contributed by atoms with E-state index in [1.165, 1.54) is 6.07 Å². The molecule has 2 atom stereocenters. The lowest BCUT2D eigenvalue weighted by Crippen LogP contribution is -2.44. The number of anilines is 1. The highest BCUT2D eigenvalue weighted by Crippen LogP contribution is 2.33. The van der Waals surface area contributed by atoms with E-state index in [-0.39, 0.29) is 23.3 Å². The van der Waals surface area contributed by atoms with Crippen LogP contribution in [0.3, 0.4) is 0 Å². The van der Waals surface area contributed by atoms with Crippen molar-refractivity contribution < 1.29 is 14.8 Å². The molecule has 2 rings (SSSR count). The summed E-state index contributed by atoms with van der Waals surface area (Å²) in [5.74, 6) is -1.13. The first-order valence-corrected chi connectivity index (χ1v) is 6.72. The minimum Gasteiger partial charge on any atom is -0.478 e. The molecule has 0 aliphatic carbocycles. The van der Waals surface area contributed by atoms with Gasteiger partial charge in [-0.3, -0.25) is 10.1 Å². The zero-order valence-electron chi connectivity index (χ0n) is 11.6. The van der Waals surface area contributed by atoms with Crippen LogP contribution in [0.2, 0.25) is 0 Å². The van der Waals surface area contributed by atoms with Crippen LogP contribution in [0.4, 0.5) is 11.4 Å². The number of piperidine rings is 1. The Kier molecular flexibility index (Phi) is 3.92. The number of non-ortho nitro benzene ring substituents is 1. The quantitative estimate of drug-likeness (QED) is 0.678. The highest BCUT2D eigenvalue weighted by molar-refractivity contribution is 5.95. The predicted octanol–water partition coefficient (Wildman–Crippen LogP) is 3.06. The van der Waals surface area contributed by atoms with E-state index in [2.05, 4.69) is 18.7 Å². The maximum absolute atomic E-state index is 11.4. The van der Waals surface area contributed by atoms with Crippen LogP contribution in [0.25, 0.3) is 0 Å². The predicted molar refractivity (Wildman–Crippen MR) is 75.3 cm³/mol. The molecule has 1 saturated heterocycles. The summed E-state index contributed by atoms with van der Waals surface area (Å²) in [7, 11) is 0. The standard InChI is InChI=1S/C14H18N2O4/c1-9-4-3-5-10(2)15(9)13-7-6-11(16(19)20)8-12(13)14(17)18/h6-10H,3-5H2,1-2H3,(H,17,18)/t9-,10+. The van der Waals surface area contributed by atoms with Crippen LogP contribution in [0, 0.1) is 10.1 Å². The number of hydrogen-bond donors (Lipinski definition) is 1. The van der Waals surface area contributed by atoms with Crippen molar-refractivity contribution in [1.82, 2.24) is 0 Å². The van der Waals surface area contributed by atoms with Crippen molar-refractivity contribution >= 4 is 17.3 Å². The molecule has 1 aromatic rings. The lowest BCUT2D eigenvalue weighted by atomic mass is 9.95. The van der Waals surface area contributed by atoms with Gasteiger partial charge in [0.05, 0.1) is 16.2 Å². The summed E-state index contributed by atoms with van der Waals surface area (Å²) >= 11 is 0. The third-order valence-electron chi connectivity index (χ3n) is 3.89. The Morgan fingerprint density at radius 2 is 1.95 bits per heavy atom. The molecule has 0 spiro atoms. The highest BCUT2D eigenvalue weighted by Gasteiger charge is 2.29. The summed E-state index contributed by atoms with van der Waals surface area (Å²) in [6, 6.07) is 4.54. The molecule has 0 saturated carbocycles. The summed E-state index contributed by atoms with van der Waals surface area (Å²) in [6.45, 7) is 4.12. The third kappa shape index (κ3) is 2.59. The Morgan fingerprint density at radius 3 is 2.45 bits per heavy atom. The summed E-state index contributed by atoms with van der Waals surface area (Å²) in [5.41, 5.74) is 0.381. The zero-order chi connectivity index (χ0) is 14.9. The van der Waals surface area contributed by atoms with Gasteiger partial charge in [-0.1, -0.05) is 0 Å². The Balaban J connectivity index is 2.49. The minimum absolute atomic E-state index is 0.000185. The molecular formula is C14H18N2O4. The van der Waals surface area contributed by atoms with Crippen molar-refractivity contribution in [2.45, 2.75) is 45.2 Å². The number of carboxylic acid groups (broad SMARTS) is 1. The molecule has 1 aliphatic heterocycles. The average Bonchev–Trinajstić information content (AvgIpc) is 2.38. The number of nitrogens with zero attached hydrogens (tertiary/aromatic N) is 2. The molecule has 108 valence electrons. The van der Waals surface area contributed by atoms with Crippen LogP contribution in [-0.4, -0.2) is 28.1 Å². The maximum atomic E-state index is 11.4. The van der Waals surface area contributed by atoms with Crippen molar-refractivity contribution in [2.24, 2.45) is 0 Å². The maximum Gasteiger partial charge on any atom is 0.338 e. The normalized spacial score (nSPS) is 22.6. The molecule has 1 aromatic carbocycles. The lowest BCUT2D eigenvalue weighted by Gasteiger charge is -2.41. The number of aromatic carboxylic acids is 1. The largest absolute Gasteiger partial charge is 0.478 e. The molecule has 0 amide bonds. The molecule has 1 fully saturated rings. The SMILES string of the molecule is C[C@@H]1CCC[C@H](C)N1c1ccc([N+](=O)[O-])cc1C(=O)O. The molecule has 6 nitrogen and oxygen atoms in total. The van der Waals surface area contributed by atoms with Crippen LogP contribution in [0.15, 0.2) is 18.2 Å². The van der Waals surface area contributed by atoms with Crippen molar-refractivity contribution in [1.29, 1.82) is 0 Å². The molecular weight excluding hydrogens is 260 g/mol. The van der Waals surface area contributed by atoms with Crippen molar-refractivity contribution in [2.75, 3.05) is 4.90 Å². The van der Waals surface area contributed by atoms with Crippen LogP contribution in [0.1, 0.15) is 43.5 Å². The van der Waals surface area contributed by atoms with Gasteiger partial charge < -0.3 is 10.0 Å². The van der Waals surface area contributed by atoms with Crippen LogP contribution in [-0.2, 0) is 0 Å². The number of carbonyl (C=O) groups is 1. The van der Waals surface area contributed by atoms with Crippen molar-refractivity contribution in [3.05, 3.63) is 33.9 Å². The molecule has 6 heteroatoms. The van der Waals surface area contributed by atoms with E-state index in [0.29, 0.717) is 5.69 Å². The van der Waals surface area contributed by atoms with Gasteiger partial charge in [0.2, 0.25) is 0 Å². The van der Waals surface area contributed by atoms with Gasteiger partial charge in [0.15, 0.2) is 0 Å². The number of carboxylic acids is 1. The second kappa shape index (κ2) is 5.48. The van der Waals surface area contributed by atoms with Gasteiger partial charge in [0.25, 0.3) is 5.69 Å². The fourth-order valence-corrected chi connectivity index (χ4v) is 2.93. The van der Waals surface area contributed by atoms with E-state index in [9.17, 15) is 20.0 Å². The van der Waals surface area contributed by atoms with E-state index in [0.717, 1.165) is 25.3 Å². The Bertz CT molecular complexity index is 534. The second-order valence-electron chi connectivity index (χ2n) is 5.30. The highest BCUT2D eigenvalue weighted by atomic mass is 16.6. The Morgan fingerprint density at radius 1 is 1.35 bits per heavy atom. The molecule has 1 N–H and O–H groups in total. The number of benzene rings is 1. The fraction of sp³-hybridized carbons (Fsp3) is 0.500. The molecule has 1 heterocycles. The molecule has 0 radical (unpaired) electrons. The summed E-state index contributed by atoms with van der Waals surface area (Å²) < 4.78 is 0. The van der Waals surface area contributed by atoms with Crippen LogP contribution >= 0.6 is 0 Å². The fourth-order valence-electron chi connectivity index (χ4n) is 2.93. The second-order valence-corrected chi connectivity index (χ2v) is 5.30. The van der Waals surface area contributed by atoms with Gasteiger partial charge in [0, 0.05) is 24.2 Å². The Hall–Kier alpha value is -2.11. The van der Waals surface area contributed by atoms with Crippen LogP contribution < -0.4 is 4.90 Å². The lowest BCUT2D eigenvalue weighted by molar-refractivity contribution is -0.384. The number of nitro groups is 1. The van der Waals surface area contributed by atoms with Gasteiger partial charge in [-0.15, -0.1) is 0 Å². The molecule has 0 bridgehead atoms. The first kappa shape index (κ1) is 14.3. The number of rotatable bonds is 3. The van der Waals surface area contributed by atoms with E-state index in [1.807, 2.05) is 0 Å². The van der Waals surface area contributed by atoms with E-state index >= 15 is 0 Å². The molecule has 20 heavy (non-hydrogen) atoms. The summed E-state index contributed by atoms with van der Waals surface area (Å²) in [6.07, 6.45) is 3.12. The van der Waals surface area contributed by atoms with Gasteiger partial charge in [-0.2, -0.15) is 0 Å². The molecule has 0 aromatic heterocycles. The number of hydrogen-bond acceptors (Lipinski definition) is 4. The zero-order valence-corrected chi connectivity index (χ0v) is 11.6. The monoisotopic (exact) mass is 278 g/mol. The van der Waals surface area contributed by atoms with E-state index < -0.39 is 10.9 Å². The minimum atomic E-state index is -1.13. The molecule has 1 aliphatic rings. The van der Waals surface area contributed by atoms with E-state index in [4.69, 9.17) is 0 Å². The summed E-state index contributed by atoms with van der Waals surface area (Å²) in [5, 5.41) is 20.1. The smallest absolute Gasteiger partial charge is 0.338 e. The van der Waals surface area contributed by atoms with Crippen molar-refractivity contribution in [3.63, 3.8) is 0 Å². The van der Waals surface area contributed by atoms with Gasteiger partial charge in [-0.25, -0.2) is 4.79 Å². The van der Waals surface area contributed by atoms with E-state index in [1.54, 1.807) is 6.07 Å². The topological polar surface area (TPSA) is 83.7 Å². The number of nitro benzene ring substituents is 1. The summed E-state index contributed by atoms with van der Waals surface area (Å²) in [4.78, 5) is 23.7. The van der Waals surface area contributed by atoms with Crippen molar-refractivity contribution in [3.8, 4) is 0 Å². The average molecular weight is 278 g/mol. The Labute approximate surface area is 117 Å². The first-order valence-electron chi connectivity index (χ1n) is 6.72. The van der Waals surface area contributed by atoms with Crippen LogP contribution in [0.5, 0.6) is 0 Å². The van der Waals surface area contributed by atoms with Gasteiger partial charge in [-0.05, 0) is 39.2 Å². The van der Waals surface area contributed by atoms with Gasteiger partial charge in [0.1, 0.15) is 0 Å². The third-order valence-corrected chi connectivity index (χ3v) is 3.89. The molecule has 0 unspecified atom stereocenters.